The number of H-pyrrole nitrogens is 1. The highest BCUT2D eigenvalue weighted by Gasteiger charge is 2.29. The highest BCUT2D eigenvalue weighted by atomic mass is 19.1. The van der Waals surface area contributed by atoms with Crippen LogP contribution in [0.1, 0.15) is 66.2 Å². The van der Waals surface area contributed by atoms with Crippen molar-refractivity contribution in [2.45, 2.75) is 44.4 Å². The Morgan fingerprint density at radius 3 is 2.75 bits per heavy atom. The Bertz CT molecular complexity index is 1290. The van der Waals surface area contributed by atoms with Crippen molar-refractivity contribution in [2.24, 2.45) is 5.92 Å². The van der Waals surface area contributed by atoms with Crippen molar-refractivity contribution in [3.63, 3.8) is 0 Å². The first-order chi connectivity index (χ1) is 15.5. The van der Waals surface area contributed by atoms with Crippen molar-refractivity contribution in [1.29, 1.82) is 0 Å². The van der Waals surface area contributed by atoms with Crippen LogP contribution in [0.4, 0.5) is 4.39 Å². The molecule has 4 aromatic rings. The molecule has 1 aliphatic carbocycles. The number of aromatic amines is 1. The molecular weight excluding hydrogens is 405 g/mol. The minimum Gasteiger partial charge on any atom is -0.465 e. The van der Waals surface area contributed by atoms with Crippen LogP contribution in [-0.4, -0.2) is 28.0 Å². The SMILES string of the molecule is COC(=O)c1cccc2[nH]c([C@@H](C)C3CCC(c4ccnc5ccc(F)cc45)CC3)nc12. The fourth-order valence-corrected chi connectivity index (χ4v) is 5.19. The number of benzene rings is 2. The van der Waals surface area contributed by atoms with Gasteiger partial charge in [0.05, 0.1) is 23.7 Å². The summed E-state index contributed by atoms with van der Waals surface area (Å²) in [6, 6.07) is 12.4. The van der Waals surface area contributed by atoms with Crippen molar-refractivity contribution in [3.8, 4) is 0 Å². The highest BCUT2D eigenvalue weighted by molar-refractivity contribution is 6.01. The van der Waals surface area contributed by atoms with Gasteiger partial charge in [-0.05, 0) is 79.5 Å². The van der Waals surface area contributed by atoms with Gasteiger partial charge in [0.1, 0.15) is 17.2 Å². The molecule has 6 heteroatoms. The standard InChI is InChI=1S/C26H26FN3O2/c1-15(25-29-23-5-3-4-20(24(23)30-25)26(31)32-2)16-6-8-17(9-7-16)19-12-13-28-22-11-10-18(27)14-21(19)22/h3-5,10-17H,6-9H2,1-2H3,(H,29,30)/t15-,16?,17?/m0/s1. The van der Waals surface area contributed by atoms with E-state index in [0.29, 0.717) is 22.9 Å². The van der Waals surface area contributed by atoms with E-state index in [0.717, 1.165) is 47.9 Å². The predicted molar refractivity (Wildman–Crippen MR) is 122 cm³/mol. The van der Waals surface area contributed by atoms with E-state index in [1.54, 1.807) is 18.2 Å². The maximum atomic E-state index is 13.9. The number of nitrogens with zero attached hydrogens (tertiary/aromatic N) is 2. The number of halogens is 1. The number of nitrogens with one attached hydrogen (secondary N) is 1. The number of para-hydroxylation sites is 1. The number of pyridine rings is 1. The fourth-order valence-electron chi connectivity index (χ4n) is 5.19. The Kier molecular flexibility index (Phi) is 5.37. The maximum Gasteiger partial charge on any atom is 0.340 e. The Hall–Kier alpha value is -3.28. The molecule has 0 bridgehead atoms. The van der Waals surface area contributed by atoms with Gasteiger partial charge in [0.2, 0.25) is 0 Å². The number of carbonyl (C=O) groups is 1. The Balaban J connectivity index is 1.35. The van der Waals surface area contributed by atoms with Crippen LogP contribution in [0.25, 0.3) is 21.9 Å². The van der Waals surface area contributed by atoms with E-state index >= 15 is 0 Å². The van der Waals surface area contributed by atoms with E-state index in [2.05, 4.69) is 16.9 Å². The van der Waals surface area contributed by atoms with Gasteiger partial charge < -0.3 is 9.72 Å². The summed E-state index contributed by atoms with van der Waals surface area (Å²) in [4.78, 5) is 24.7. The smallest absolute Gasteiger partial charge is 0.340 e. The maximum absolute atomic E-state index is 13.9. The second kappa shape index (κ2) is 8.34. The largest absolute Gasteiger partial charge is 0.465 e. The van der Waals surface area contributed by atoms with Gasteiger partial charge in [-0.15, -0.1) is 0 Å². The van der Waals surface area contributed by atoms with Gasteiger partial charge in [0.15, 0.2) is 0 Å². The summed E-state index contributed by atoms with van der Waals surface area (Å²) >= 11 is 0. The third-order valence-electron chi connectivity index (χ3n) is 7.02. The number of imidazole rings is 1. The lowest BCUT2D eigenvalue weighted by Crippen LogP contribution is -2.19. The number of ether oxygens (including phenoxy) is 1. The molecule has 1 aliphatic rings. The number of hydrogen-bond donors (Lipinski definition) is 1. The summed E-state index contributed by atoms with van der Waals surface area (Å²) in [5.41, 5.74) is 4.06. The zero-order valence-electron chi connectivity index (χ0n) is 18.3. The molecule has 164 valence electrons. The number of aromatic nitrogens is 3. The topological polar surface area (TPSA) is 67.9 Å². The van der Waals surface area contributed by atoms with E-state index < -0.39 is 0 Å². The summed E-state index contributed by atoms with van der Waals surface area (Å²) in [6.45, 7) is 2.21. The van der Waals surface area contributed by atoms with Crippen molar-refractivity contribution in [1.82, 2.24) is 15.0 Å². The normalized spacial score (nSPS) is 19.8. The van der Waals surface area contributed by atoms with Crippen LogP contribution < -0.4 is 0 Å². The van der Waals surface area contributed by atoms with Gasteiger partial charge in [0.25, 0.3) is 0 Å². The first-order valence-electron chi connectivity index (χ1n) is 11.2. The fraction of sp³-hybridized carbons (Fsp3) is 0.346. The molecule has 0 unspecified atom stereocenters. The van der Waals surface area contributed by atoms with Crippen molar-refractivity contribution in [2.75, 3.05) is 7.11 Å². The first-order valence-corrected chi connectivity index (χ1v) is 11.2. The van der Waals surface area contributed by atoms with Gasteiger partial charge in [-0.2, -0.15) is 0 Å². The van der Waals surface area contributed by atoms with Gasteiger partial charge >= 0.3 is 5.97 Å². The lowest BCUT2D eigenvalue weighted by molar-refractivity contribution is 0.0603. The minimum atomic E-state index is -0.372. The van der Waals surface area contributed by atoms with Crippen LogP contribution in [0, 0.1) is 11.7 Å². The first kappa shape index (κ1) is 20.6. The van der Waals surface area contributed by atoms with Crippen LogP contribution in [0.15, 0.2) is 48.7 Å². The van der Waals surface area contributed by atoms with Crippen molar-refractivity contribution >= 4 is 27.9 Å². The molecule has 32 heavy (non-hydrogen) atoms. The average Bonchev–Trinajstić information content (AvgIpc) is 3.27. The van der Waals surface area contributed by atoms with Crippen LogP contribution in [0.5, 0.6) is 0 Å². The monoisotopic (exact) mass is 431 g/mol. The van der Waals surface area contributed by atoms with E-state index in [4.69, 9.17) is 9.72 Å². The number of esters is 1. The molecule has 0 aliphatic heterocycles. The third kappa shape index (κ3) is 3.64. The van der Waals surface area contributed by atoms with Gasteiger partial charge in [-0.3, -0.25) is 4.98 Å². The molecule has 5 nitrogen and oxygen atoms in total. The molecule has 1 saturated carbocycles. The average molecular weight is 432 g/mol. The molecular formula is C26H26FN3O2. The number of methoxy groups -OCH3 is 1. The van der Waals surface area contributed by atoms with Gasteiger partial charge in [-0.1, -0.05) is 13.0 Å². The third-order valence-corrected chi connectivity index (χ3v) is 7.02. The van der Waals surface area contributed by atoms with Crippen LogP contribution in [0.2, 0.25) is 0 Å². The second-order valence-corrected chi connectivity index (χ2v) is 8.78. The number of hydrogen-bond acceptors (Lipinski definition) is 4. The van der Waals surface area contributed by atoms with Crippen LogP contribution in [0.3, 0.4) is 0 Å². The highest BCUT2D eigenvalue weighted by Crippen LogP contribution is 2.43. The zero-order valence-corrected chi connectivity index (χ0v) is 18.3. The lowest BCUT2D eigenvalue weighted by atomic mass is 9.73. The molecule has 2 aromatic heterocycles. The van der Waals surface area contributed by atoms with E-state index in [1.165, 1.54) is 18.7 Å². The number of carbonyl (C=O) groups excluding carboxylic acids is 1. The molecule has 1 fully saturated rings. The molecule has 0 saturated heterocycles. The summed E-state index contributed by atoms with van der Waals surface area (Å²) in [6.07, 6.45) is 6.09. The molecule has 2 aromatic carbocycles. The van der Waals surface area contributed by atoms with E-state index in [-0.39, 0.29) is 17.7 Å². The Labute approximate surface area is 186 Å². The number of rotatable bonds is 4. The molecule has 2 heterocycles. The van der Waals surface area contributed by atoms with Crippen LogP contribution >= 0.6 is 0 Å². The van der Waals surface area contributed by atoms with Gasteiger partial charge in [0, 0.05) is 17.5 Å². The summed E-state index contributed by atoms with van der Waals surface area (Å²) in [7, 11) is 1.39. The summed E-state index contributed by atoms with van der Waals surface area (Å²) in [5, 5.41) is 0.927. The molecule has 0 amide bonds. The van der Waals surface area contributed by atoms with E-state index in [9.17, 15) is 9.18 Å². The molecule has 1 N–H and O–H groups in total. The quantitative estimate of drug-likeness (QED) is 0.396. The minimum absolute atomic E-state index is 0.217. The van der Waals surface area contributed by atoms with E-state index in [1.807, 2.05) is 24.4 Å². The molecule has 5 rings (SSSR count). The Morgan fingerprint density at radius 2 is 1.97 bits per heavy atom. The Morgan fingerprint density at radius 1 is 1.16 bits per heavy atom. The summed E-state index contributed by atoms with van der Waals surface area (Å²) in [5.74, 6) is 1.48. The van der Waals surface area contributed by atoms with Gasteiger partial charge in [-0.25, -0.2) is 14.2 Å². The second-order valence-electron chi connectivity index (χ2n) is 8.78. The van der Waals surface area contributed by atoms with Crippen molar-refractivity contribution < 1.29 is 13.9 Å². The molecule has 1 atom stereocenters. The lowest BCUT2D eigenvalue weighted by Gasteiger charge is -2.32. The predicted octanol–water partition coefficient (Wildman–Crippen LogP) is 6.11. The van der Waals surface area contributed by atoms with Crippen LogP contribution in [-0.2, 0) is 4.74 Å². The molecule has 0 radical (unpaired) electrons. The van der Waals surface area contributed by atoms with Crippen molar-refractivity contribution in [3.05, 3.63) is 71.4 Å². The zero-order chi connectivity index (χ0) is 22.2. The number of fused-ring (bicyclic) bond motifs is 2. The molecule has 0 spiro atoms. The summed E-state index contributed by atoms with van der Waals surface area (Å²) < 4.78 is 18.8.